The van der Waals surface area contributed by atoms with Crippen molar-refractivity contribution < 1.29 is 14.3 Å². The molecule has 3 aliphatic rings. The molecule has 1 atom stereocenters. The van der Waals surface area contributed by atoms with Crippen LogP contribution in [0.5, 0.6) is 5.75 Å². The van der Waals surface area contributed by atoms with Gasteiger partial charge in [-0.25, -0.2) is 9.78 Å². The Morgan fingerprint density at radius 3 is 2.88 bits per heavy atom. The van der Waals surface area contributed by atoms with E-state index in [0.717, 1.165) is 71.7 Å². The number of hydrogen-bond acceptors (Lipinski definition) is 6. The number of piperidine rings is 1. The van der Waals surface area contributed by atoms with E-state index in [0.29, 0.717) is 16.7 Å². The van der Waals surface area contributed by atoms with E-state index in [-0.39, 0.29) is 18.0 Å². The van der Waals surface area contributed by atoms with Crippen LogP contribution >= 0.6 is 11.3 Å². The third-order valence-corrected chi connectivity index (χ3v) is 7.42. The number of carbonyl (C=O) groups excluding carboxylic acids is 2. The van der Waals surface area contributed by atoms with Crippen LogP contribution in [0.4, 0.5) is 21.9 Å². The van der Waals surface area contributed by atoms with Gasteiger partial charge in [-0.1, -0.05) is 0 Å². The summed E-state index contributed by atoms with van der Waals surface area (Å²) in [4.78, 5) is 33.8. The summed E-state index contributed by atoms with van der Waals surface area (Å²) < 4.78 is 5.90. The number of carbonyl (C=O) groups is 2. The summed E-state index contributed by atoms with van der Waals surface area (Å²) in [6.45, 7) is 3.71. The van der Waals surface area contributed by atoms with E-state index in [1.54, 1.807) is 11.1 Å². The van der Waals surface area contributed by atoms with E-state index in [1.165, 1.54) is 11.3 Å². The van der Waals surface area contributed by atoms with Crippen LogP contribution in [-0.4, -0.2) is 42.2 Å². The fourth-order valence-electron chi connectivity index (χ4n) is 4.54. The van der Waals surface area contributed by atoms with Crippen LogP contribution in [0.15, 0.2) is 30.5 Å². The van der Waals surface area contributed by atoms with Crippen LogP contribution in [0, 0.1) is 6.92 Å². The van der Waals surface area contributed by atoms with Crippen molar-refractivity contribution >= 4 is 50.6 Å². The lowest BCUT2D eigenvalue weighted by molar-refractivity contribution is 0.0935. The second-order valence-corrected chi connectivity index (χ2v) is 9.86. The highest BCUT2D eigenvalue weighted by molar-refractivity contribution is 7.21. The molecule has 1 saturated carbocycles. The van der Waals surface area contributed by atoms with E-state index in [1.807, 2.05) is 31.2 Å². The highest BCUT2D eigenvalue weighted by Gasteiger charge is 2.34. The fraction of sp³-hybridized carbons (Fsp3) is 0.375. The maximum atomic E-state index is 13.3. The summed E-state index contributed by atoms with van der Waals surface area (Å²) in [5.41, 5.74) is 2.99. The first-order valence-electron chi connectivity index (χ1n) is 11.4. The molecule has 3 N–H and O–H groups in total. The second kappa shape index (κ2) is 8.00. The van der Waals surface area contributed by atoms with Gasteiger partial charge in [0.25, 0.3) is 5.91 Å². The molecule has 170 valence electrons. The average molecular weight is 464 g/mol. The minimum atomic E-state index is -0.291. The summed E-state index contributed by atoms with van der Waals surface area (Å²) in [5.74, 6) is 0.655. The number of hydrogen-bond donors (Lipinski definition) is 3. The molecule has 33 heavy (non-hydrogen) atoms. The summed E-state index contributed by atoms with van der Waals surface area (Å²) >= 11 is 1.31. The summed E-state index contributed by atoms with van der Waals surface area (Å²) in [7, 11) is 0. The lowest BCUT2D eigenvalue weighted by Crippen LogP contribution is -2.45. The smallest absolute Gasteiger partial charge is 0.331 e. The van der Waals surface area contributed by atoms with Gasteiger partial charge in [-0.15, -0.1) is 11.3 Å². The number of thiophene rings is 1. The topological polar surface area (TPSA) is 95.6 Å². The molecule has 4 heterocycles. The normalized spacial score (nSPS) is 20.0. The molecule has 3 amide bonds. The molecule has 0 radical (unpaired) electrons. The lowest BCUT2D eigenvalue weighted by Gasteiger charge is -2.30. The van der Waals surface area contributed by atoms with Gasteiger partial charge in [0, 0.05) is 18.8 Å². The maximum Gasteiger partial charge on any atom is 0.331 e. The molecule has 3 aromatic rings. The Hall–Kier alpha value is -3.17. The quantitative estimate of drug-likeness (QED) is 0.524. The number of nitrogens with zero attached hydrogens (tertiary/aromatic N) is 2. The third kappa shape index (κ3) is 3.71. The number of rotatable bonds is 5. The molecule has 8 nitrogen and oxygen atoms in total. The molecule has 2 aromatic heterocycles. The number of pyridine rings is 1. The Balaban J connectivity index is 1.37. The van der Waals surface area contributed by atoms with Crippen molar-refractivity contribution in [3.05, 3.63) is 40.9 Å². The molecular weight excluding hydrogens is 438 g/mol. The van der Waals surface area contributed by atoms with Crippen molar-refractivity contribution in [2.45, 2.75) is 44.8 Å². The first-order chi connectivity index (χ1) is 16.1. The van der Waals surface area contributed by atoms with Crippen molar-refractivity contribution in [3.8, 4) is 5.75 Å². The van der Waals surface area contributed by atoms with Crippen molar-refractivity contribution in [3.63, 3.8) is 0 Å². The number of amides is 3. The monoisotopic (exact) mass is 463 g/mol. The predicted octanol–water partition coefficient (Wildman–Crippen LogP) is 4.31. The van der Waals surface area contributed by atoms with Crippen LogP contribution in [-0.2, 0) is 0 Å². The largest absolute Gasteiger partial charge is 0.490 e. The Bertz CT molecular complexity index is 1260. The molecular formula is C24H25N5O3S. The number of urea groups is 1. The second-order valence-electron chi connectivity index (χ2n) is 8.86. The zero-order chi connectivity index (χ0) is 22.5. The third-order valence-electron chi connectivity index (χ3n) is 6.32. The average Bonchev–Trinajstić information content (AvgIpc) is 3.55. The highest BCUT2D eigenvalue weighted by Crippen LogP contribution is 2.46. The Labute approximate surface area is 195 Å². The Morgan fingerprint density at radius 1 is 1.24 bits per heavy atom. The molecule has 1 saturated heterocycles. The van der Waals surface area contributed by atoms with Gasteiger partial charge in [0.2, 0.25) is 0 Å². The van der Waals surface area contributed by atoms with Gasteiger partial charge < -0.3 is 20.7 Å². The number of aryl methyl sites for hydroxylation is 1. The summed E-state index contributed by atoms with van der Waals surface area (Å²) in [6, 6.07) is 7.43. The number of aromatic nitrogens is 1. The Kier molecular flexibility index (Phi) is 4.95. The number of benzene rings is 1. The molecule has 6 rings (SSSR count). The Morgan fingerprint density at radius 2 is 2.12 bits per heavy atom. The summed E-state index contributed by atoms with van der Waals surface area (Å²) in [5, 5.41) is 10.2. The first-order valence-corrected chi connectivity index (χ1v) is 12.2. The van der Waals surface area contributed by atoms with Crippen LogP contribution in [0.3, 0.4) is 0 Å². The van der Waals surface area contributed by atoms with Crippen molar-refractivity contribution in [2.24, 2.45) is 0 Å². The molecule has 2 aliphatic heterocycles. The number of nitrogens with one attached hydrogen (secondary N) is 3. The minimum absolute atomic E-state index is 0.0888. The lowest BCUT2D eigenvalue weighted by atomic mass is 10.1. The van der Waals surface area contributed by atoms with Gasteiger partial charge in [-0.3, -0.25) is 9.69 Å². The number of ether oxygens (including phenoxy) is 1. The van der Waals surface area contributed by atoms with Crippen LogP contribution in [0.25, 0.3) is 10.2 Å². The molecule has 1 unspecified atom stereocenters. The minimum Gasteiger partial charge on any atom is -0.490 e. The van der Waals surface area contributed by atoms with Crippen molar-refractivity contribution in [1.82, 2.24) is 15.6 Å². The van der Waals surface area contributed by atoms with E-state index < -0.39 is 0 Å². The van der Waals surface area contributed by atoms with Gasteiger partial charge in [0.15, 0.2) is 0 Å². The zero-order valence-electron chi connectivity index (χ0n) is 18.3. The zero-order valence-corrected chi connectivity index (χ0v) is 19.1. The van der Waals surface area contributed by atoms with Gasteiger partial charge in [0.1, 0.15) is 15.5 Å². The standard InChI is InChI=1S/C24H25N5O3S/c1-13-11-16(32-15-4-5-15)6-7-17(13)29-18-8-10-26-23-19(18)20(28-24(29)31)21(33-23)22(30)27-14-3-2-9-25-12-14/h6-8,10-11,14-15,25H,2-5,9,12H2,1H3,(H,27,30)(H,28,31). The fourth-order valence-corrected chi connectivity index (χ4v) is 5.56. The molecule has 2 fully saturated rings. The first kappa shape index (κ1) is 20.4. The molecule has 1 aromatic carbocycles. The van der Waals surface area contributed by atoms with E-state index in [4.69, 9.17) is 4.74 Å². The van der Waals surface area contributed by atoms with Crippen molar-refractivity contribution in [1.29, 1.82) is 0 Å². The van der Waals surface area contributed by atoms with Gasteiger partial charge >= 0.3 is 6.03 Å². The molecule has 1 aliphatic carbocycles. The maximum absolute atomic E-state index is 13.3. The molecule has 9 heteroatoms. The molecule has 0 bridgehead atoms. The highest BCUT2D eigenvalue weighted by atomic mass is 32.1. The van der Waals surface area contributed by atoms with E-state index in [9.17, 15) is 9.59 Å². The van der Waals surface area contributed by atoms with Crippen LogP contribution < -0.4 is 25.6 Å². The van der Waals surface area contributed by atoms with Gasteiger partial charge in [-0.2, -0.15) is 0 Å². The van der Waals surface area contributed by atoms with Gasteiger partial charge in [-0.05, 0) is 69.0 Å². The number of anilines is 3. The van der Waals surface area contributed by atoms with Crippen LogP contribution in [0.1, 0.15) is 40.9 Å². The SMILES string of the molecule is Cc1cc(OC2CC2)ccc1N1C(=O)Nc2c(C(=O)NC3CCCNC3)sc3nccc1c23. The van der Waals surface area contributed by atoms with Crippen LogP contribution in [0.2, 0.25) is 0 Å². The predicted molar refractivity (Wildman–Crippen MR) is 129 cm³/mol. The van der Waals surface area contributed by atoms with Crippen molar-refractivity contribution in [2.75, 3.05) is 23.3 Å². The molecule has 0 spiro atoms. The van der Waals surface area contributed by atoms with Gasteiger partial charge in [0.05, 0.1) is 28.6 Å². The van der Waals surface area contributed by atoms with E-state index >= 15 is 0 Å². The van der Waals surface area contributed by atoms with E-state index in [2.05, 4.69) is 20.9 Å². The summed E-state index contributed by atoms with van der Waals surface area (Å²) in [6.07, 6.45) is 6.18.